The van der Waals surface area contributed by atoms with Crippen LogP contribution in [0.25, 0.3) is 0 Å². The van der Waals surface area contributed by atoms with Gasteiger partial charge < -0.3 is 14.3 Å². The molecule has 1 aromatic carbocycles. The molecule has 0 radical (unpaired) electrons. The maximum Gasteiger partial charge on any atom is 0.407 e. The summed E-state index contributed by atoms with van der Waals surface area (Å²) in [7, 11) is -1.54. The molecule has 0 aliphatic carbocycles. The fourth-order valence-electron chi connectivity index (χ4n) is 4.90. The molecule has 0 bridgehead atoms. The van der Waals surface area contributed by atoms with Gasteiger partial charge in [0.1, 0.15) is 5.75 Å². The molecule has 2 rings (SSSR count). The Morgan fingerprint density at radius 3 is 2.22 bits per heavy atom. The fourth-order valence-corrected chi connectivity index (χ4v) is 8.84. The third-order valence-corrected chi connectivity index (χ3v) is 13.9. The van der Waals surface area contributed by atoms with Crippen LogP contribution in [-0.4, -0.2) is 87.4 Å². The maximum atomic E-state index is 13.6. The number of amides is 1. The highest BCUT2D eigenvalue weighted by atomic mass is 32.2. The van der Waals surface area contributed by atoms with E-state index < -0.39 is 42.7 Å². The molecule has 0 unspecified atom stereocenters. The van der Waals surface area contributed by atoms with Crippen LogP contribution in [-0.2, 0) is 21.2 Å². The molecule has 0 aromatic heterocycles. The van der Waals surface area contributed by atoms with Crippen molar-refractivity contribution in [1.82, 2.24) is 13.5 Å². The molecule has 1 aliphatic heterocycles. The minimum atomic E-state index is -3.94. The van der Waals surface area contributed by atoms with E-state index >= 15 is 0 Å². The van der Waals surface area contributed by atoms with Crippen molar-refractivity contribution in [2.24, 2.45) is 0 Å². The molecule has 1 saturated heterocycles. The van der Waals surface area contributed by atoms with Gasteiger partial charge in [0.15, 0.2) is 8.32 Å². The Morgan fingerprint density at radius 2 is 1.78 bits per heavy atom. The molecule has 1 aromatic rings. The number of methoxy groups -OCH3 is 1. The lowest BCUT2D eigenvalue weighted by molar-refractivity contribution is 0.0899. The summed E-state index contributed by atoms with van der Waals surface area (Å²) in [6.45, 7) is 6.42. The summed E-state index contributed by atoms with van der Waals surface area (Å²) in [6, 6.07) is 9.80. The normalized spacial score (nSPS) is 20.6. The van der Waals surface area contributed by atoms with Gasteiger partial charge >= 0.3 is 6.09 Å². The summed E-state index contributed by atoms with van der Waals surface area (Å²) in [4.78, 5) is 13.6. The van der Waals surface area contributed by atoms with Crippen LogP contribution in [0.2, 0.25) is 18.1 Å². The Balaban J connectivity index is 2.55. The molecule has 202 valence electrons. The van der Waals surface area contributed by atoms with E-state index in [1.165, 1.54) is 23.3 Å². The zero-order valence-electron chi connectivity index (χ0n) is 22.2. The van der Waals surface area contributed by atoms with Gasteiger partial charge in [0.25, 0.3) is 10.2 Å². The van der Waals surface area contributed by atoms with Crippen molar-refractivity contribution in [3.05, 3.63) is 29.8 Å². The van der Waals surface area contributed by atoms with Crippen LogP contribution in [0.5, 0.6) is 5.75 Å². The standard InChI is InChI=1S/C24H40N4O6SSi/c1-7-36(8-2,9-3)34-18-23-22(16-20(14-15-25)28(23)24(29)30)27(35(31,32)26(4)5)17-19-10-12-21(33-6)13-11-19/h10-13,20,22-23H,7-9,14,16-18H2,1-6H3,(H,29,30)/t20-,22+,23+/m1/s1. The minimum Gasteiger partial charge on any atom is -0.497 e. The number of carbonyl (C=O) groups is 1. The van der Waals surface area contributed by atoms with Gasteiger partial charge in [-0.3, -0.25) is 4.90 Å². The van der Waals surface area contributed by atoms with E-state index in [0.717, 1.165) is 28.0 Å². The van der Waals surface area contributed by atoms with Crippen LogP contribution >= 0.6 is 0 Å². The smallest absolute Gasteiger partial charge is 0.407 e. The highest BCUT2D eigenvalue weighted by Crippen LogP contribution is 2.35. The Hall–Kier alpha value is -2.17. The SMILES string of the molecule is CC[Si](CC)(CC)OC[C@H]1[C@@H](N(Cc2ccc(OC)cc2)S(=O)(=O)N(C)C)C[C@@H](CC#N)N1C(=O)O. The van der Waals surface area contributed by atoms with E-state index in [0.29, 0.717) is 5.75 Å². The van der Waals surface area contributed by atoms with Crippen LogP contribution in [0.15, 0.2) is 24.3 Å². The van der Waals surface area contributed by atoms with E-state index in [-0.39, 0.29) is 26.0 Å². The lowest BCUT2D eigenvalue weighted by Crippen LogP contribution is -2.54. The quantitative estimate of drug-likeness (QED) is 0.378. The Kier molecular flexibility index (Phi) is 10.7. The molecule has 10 nitrogen and oxygen atoms in total. The predicted molar refractivity (Wildman–Crippen MR) is 140 cm³/mol. The first-order valence-electron chi connectivity index (χ1n) is 12.3. The van der Waals surface area contributed by atoms with Gasteiger partial charge in [0.2, 0.25) is 0 Å². The first-order valence-corrected chi connectivity index (χ1v) is 16.3. The maximum absolute atomic E-state index is 13.6. The van der Waals surface area contributed by atoms with Gasteiger partial charge in [-0.25, -0.2) is 4.79 Å². The number of carboxylic acid groups (broad SMARTS) is 1. The van der Waals surface area contributed by atoms with E-state index in [2.05, 4.69) is 26.8 Å². The van der Waals surface area contributed by atoms with Crippen LogP contribution in [0.3, 0.4) is 0 Å². The number of rotatable bonds is 13. The summed E-state index contributed by atoms with van der Waals surface area (Å²) < 4.78 is 41.4. The number of nitriles is 1. The molecular weight excluding hydrogens is 500 g/mol. The minimum absolute atomic E-state index is 0.0183. The molecule has 1 heterocycles. The van der Waals surface area contributed by atoms with Crippen LogP contribution in [0.4, 0.5) is 4.79 Å². The summed E-state index contributed by atoms with van der Waals surface area (Å²) in [5, 5.41) is 19.5. The first-order chi connectivity index (χ1) is 17.0. The molecule has 0 spiro atoms. The third-order valence-electron chi connectivity index (χ3n) is 7.37. The highest BCUT2D eigenvalue weighted by molar-refractivity contribution is 7.86. The van der Waals surface area contributed by atoms with Gasteiger partial charge in [-0.15, -0.1) is 0 Å². The predicted octanol–water partition coefficient (Wildman–Crippen LogP) is 3.73. The monoisotopic (exact) mass is 540 g/mol. The van der Waals surface area contributed by atoms with Crippen LogP contribution in [0, 0.1) is 11.3 Å². The number of hydrogen-bond acceptors (Lipinski definition) is 6. The first kappa shape index (κ1) is 30.1. The van der Waals surface area contributed by atoms with Crippen molar-refractivity contribution in [1.29, 1.82) is 5.26 Å². The molecular formula is C24H40N4O6SSi. The van der Waals surface area contributed by atoms with Gasteiger partial charge in [-0.1, -0.05) is 32.9 Å². The molecule has 1 amide bonds. The second-order valence-electron chi connectivity index (χ2n) is 9.31. The van der Waals surface area contributed by atoms with Crippen LogP contribution < -0.4 is 4.74 Å². The third kappa shape index (κ3) is 6.57. The van der Waals surface area contributed by atoms with Gasteiger partial charge in [-0.2, -0.15) is 22.3 Å². The molecule has 1 aliphatic rings. The number of nitrogens with zero attached hydrogens (tertiary/aromatic N) is 4. The van der Waals surface area contributed by atoms with Crippen LogP contribution in [0.1, 0.15) is 39.2 Å². The molecule has 36 heavy (non-hydrogen) atoms. The Labute approximate surface area is 216 Å². The van der Waals surface area contributed by atoms with Gasteiger partial charge in [0.05, 0.1) is 44.3 Å². The molecule has 1 N–H and O–H groups in total. The summed E-state index contributed by atoms with van der Waals surface area (Å²) >= 11 is 0. The average Bonchev–Trinajstić information content (AvgIpc) is 3.22. The number of ether oxygens (including phenoxy) is 1. The molecule has 3 atom stereocenters. The Bertz CT molecular complexity index is 1000. The Morgan fingerprint density at radius 1 is 1.19 bits per heavy atom. The van der Waals surface area contributed by atoms with Crippen molar-refractivity contribution < 1.29 is 27.5 Å². The van der Waals surface area contributed by atoms with Crippen molar-refractivity contribution in [3.8, 4) is 11.8 Å². The zero-order valence-corrected chi connectivity index (χ0v) is 24.0. The lowest BCUT2D eigenvalue weighted by Gasteiger charge is -2.37. The van der Waals surface area contributed by atoms with Gasteiger partial charge in [0, 0.05) is 20.6 Å². The van der Waals surface area contributed by atoms with Crippen molar-refractivity contribution in [3.63, 3.8) is 0 Å². The largest absolute Gasteiger partial charge is 0.497 e. The zero-order chi connectivity index (χ0) is 27.1. The van der Waals surface area contributed by atoms with E-state index in [1.807, 2.05) is 0 Å². The number of hydrogen-bond donors (Lipinski definition) is 1. The van der Waals surface area contributed by atoms with E-state index in [4.69, 9.17) is 9.16 Å². The second-order valence-corrected chi connectivity index (χ2v) is 16.2. The number of benzene rings is 1. The fraction of sp³-hybridized carbons (Fsp3) is 0.667. The van der Waals surface area contributed by atoms with E-state index in [9.17, 15) is 23.6 Å². The summed E-state index contributed by atoms with van der Waals surface area (Å²) in [6.07, 6.45) is -0.971. The van der Waals surface area contributed by atoms with Gasteiger partial charge in [-0.05, 0) is 42.2 Å². The van der Waals surface area contributed by atoms with E-state index in [1.54, 1.807) is 31.4 Å². The summed E-state index contributed by atoms with van der Waals surface area (Å²) in [5.41, 5.74) is 0.742. The highest BCUT2D eigenvalue weighted by Gasteiger charge is 2.50. The topological polar surface area (TPSA) is 123 Å². The molecule has 0 saturated carbocycles. The second kappa shape index (κ2) is 12.9. The molecule has 12 heteroatoms. The summed E-state index contributed by atoms with van der Waals surface area (Å²) in [5.74, 6) is 0.652. The van der Waals surface area contributed by atoms with Crippen molar-refractivity contribution in [2.75, 3.05) is 27.8 Å². The molecule has 1 fully saturated rings. The number of likely N-dealkylation sites (tertiary alicyclic amines) is 1. The van der Waals surface area contributed by atoms with Crippen molar-refractivity contribution >= 4 is 24.6 Å². The van der Waals surface area contributed by atoms with Crippen molar-refractivity contribution in [2.45, 2.75) is 76.4 Å². The lowest BCUT2D eigenvalue weighted by atomic mass is 10.1. The average molecular weight is 541 g/mol.